The molecule has 0 amide bonds. The average molecular weight is 306 g/mol. The molecule has 0 spiro atoms. The number of methoxy groups -OCH3 is 1. The van der Waals surface area contributed by atoms with Crippen LogP contribution in [-0.4, -0.2) is 32.5 Å². The number of carbonyl (C=O) groups excluding carboxylic acids is 1. The lowest BCUT2D eigenvalue weighted by molar-refractivity contribution is -0.387. The molecule has 110 valence electrons. The number of hydrogen-bond acceptors (Lipinski definition) is 6. The van der Waals surface area contributed by atoms with E-state index < -0.39 is 43.4 Å². The van der Waals surface area contributed by atoms with Crippen molar-refractivity contribution in [3.8, 4) is 0 Å². The topological polar surface area (TPSA) is 116 Å². The summed E-state index contributed by atoms with van der Waals surface area (Å²) in [6, 6.07) is 0.903. The normalized spacial score (nSPS) is 12.8. The number of nitro benzene ring substituents is 1. The molecule has 20 heavy (non-hydrogen) atoms. The van der Waals surface area contributed by atoms with Crippen LogP contribution in [-0.2, 0) is 19.6 Å². The quantitative estimate of drug-likeness (QED) is 0.483. The first-order chi connectivity index (χ1) is 9.19. The highest BCUT2D eigenvalue weighted by Gasteiger charge is 2.25. The minimum Gasteiger partial charge on any atom is -0.468 e. The summed E-state index contributed by atoms with van der Waals surface area (Å²) in [6.07, 6.45) is 0. The Morgan fingerprint density at radius 3 is 2.60 bits per heavy atom. The molecule has 0 saturated heterocycles. The highest BCUT2D eigenvalue weighted by molar-refractivity contribution is 7.89. The van der Waals surface area contributed by atoms with Crippen LogP contribution >= 0.6 is 0 Å². The number of nitrogens with one attached hydrogen (secondary N) is 1. The van der Waals surface area contributed by atoms with Gasteiger partial charge in [-0.3, -0.25) is 14.9 Å². The van der Waals surface area contributed by atoms with Crippen LogP contribution in [0, 0.1) is 15.9 Å². The molecular formula is C10H11FN2O6S. The second-order valence-corrected chi connectivity index (χ2v) is 5.45. The van der Waals surface area contributed by atoms with Crippen LogP contribution in [0.3, 0.4) is 0 Å². The second-order valence-electron chi connectivity index (χ2n) is 3.74. The van der Waals surface area contributed by atoms with E-state index in [9.17, 15) is 27.7 Å². The zero-order valence-corrected chi connectivity index (χ0v) is 11.3. The van der Waals surface area contributed by atoms with Crippen molar-refractivity contribution in [3.63, 3.8) is 0 Å². The third-order valence-electron chi connectivity index (χ3n) is 2.31. The number of halogens is 1. The van der Waals surface area contributed by atoms with Crippen molar-refractivity contribution in [2.75, 3.05) is 7.11 Å². The van der Waals surface area contributed by atoms with Crippen molar-refractivity contribution in [1.29, 1.82) is 0 Å². The zero-order chi connectivity index (χ0) is 15.5. The van der Waals surface area contributed by atoms with E-state index in [0.717, 1.165) is 13.2 Å². The fourth-order valence-electron chi connectivity index (χ4n) is 1.33. The summed E-state index contributed by atoms with van der Waals surface area (Å²) < 4.78 is 43.2. The first kappa shape index (κ1) is 16.0. The predicted molar refractivity (Wildman–Crippen MR) is 64.9 cm³/mol. The summed E-state index contributed by atoms with van der Waals surface area (Å²) in [6.45, 7) is 1.24. The summed E-state index contributed by atoms with van der Waals surface area (Å²) >= 11 is 0. The Bertz CT molecular complexity index is 645. The molecule has 0 aliphatic carbocycles. The number of nitro groups is 1. The lowest BCUT2D eigenvalue weighted by atomic mass is 10.3. The number of ether oxygens (including phenoxy) is 1. The van der Waals surface area contributed by atoms with Gasteiger partial charge in [-0.2, -0.15) is 9.11 Å². The molecule has 0 radical (unpaired) electrons. The second kappa shape index (κ2) is 5.92. The van der Waals surface area contributed by atoms with Gasteiger partial charge < -0.3 is 4.74 Å². The van der Waals surface area contributed by atoms with E-state index >= 15 is 0 Å². The van der Waals surface area contributed by atoms with Crippen LogP contribution in [0.25, 0.3) is 0 Å². The lowest BCUT2D eigenvalue weighted by Crippen LogP contribution is -2.39. The van der Waals surface area contributed by atoms with Gasteiger partial charge in [0.25, 0.3) is 0 Å². The van der Waals surface area contributed by atoms with E-state index in [-0.39, 0.29) is 0 Å². The monoisotopic (exact) mass is 306 g/mol. The van der Waals surface area contributed by atoms with Crippen LogP contribution in [0.4, 0.5) is 10.1 Å². The third-order valence-corrected chi connectivity index (χ3v) is 3.85. The molecule has 8 nitrogen and oxygen atoms in total. The summed E-state index contributed by atoms with van der Waals surface area (Å²) in [5, 5.41) is 10.6. The maximum Gasteiger partial charge on any atom is 0.323 e. The van der Waals surface area contributed by atoms with Gasteiger partial charge in [0.05, 0.1) is 16.9 Å². The van der Waals surface area contributed by atoms with Crippen molar-refractivity contribution in [1.82, 2.24) is 4.72 Å². The molecule has 0 heterocycles. The number of sulfonamides is 1. The van der Waals surface area contributed by atoms with Crippen molar-refractivity contribution in [3.05, 3.63) is 34.1 Å². The Labute approximate surface area is 113 Å². The zero-order valence-electron chi connectivity index (χ0n) is 10.5. The Morgan fingerprint density at radius 1 is 1.50 bits per heavy atom. The Hall–Kier alpha value is -2.07. The van der Waals surface area contributed by atoms with Crippen LogP contribution in [0.5, 0.6) is 0 Å². The number of carbonyl (C=O) groups is 1. The first-order valence-electron chi connectivity index (χ1n) is 5.23. The van der Waals surface area contributed by atoms with Gasteiger partial charge in [0, 0.05) is 6.07 Å². The summed E-state index contributed by atoms with van der Waals surface area (Å²) in [7, 11) is -3.13. The molecule has 0 aliphatic rings. The molecular weight excluding hydrogens is 295 g/mol. The molecule has 0 aliphatic heterocycles. The highest BCUT2D eigenvalue weighted by atomic mass is 32.2. The molecule has 1 rings (SSSR count). The molecule has 0 saturated carbocycles. The van der Waals surface area contributed by atoms with Crippen LogP contribution in [0.1, 0.15) is 6.92 Å². The van der Waals surface area contributed by atoms with Crippen molar-refractivity contribution in [2.45, 2.75) is 17.9 Å². The van der Waals surface area contributed by atoms with Crippen LogP contribution in [0.2, 0.25) is 0 Å². The van der Waals surface area contributed by atoms with E-state index in [2.05, 4.69) is 4.74 Å². The van der Waals surface area contributed by atoms with Crippen molar-refractivity contribution in [2.24, 2.45) is 0 Å². The molecule has 0 bridgehead atoms. The van der Waals surface area contributed by atoms with Gasteiger partial charge in [-0.15, -0.1) is 0 Å². The molecule has 1 aromatic carbocycles. The van der Waals surface area contributed by atoms with Crippen LogP contribution in [0.15, 0.2) is 23.1 Å². The standard InChI is InChI=1S/C10H11FN2O6S/c1-6(10(14)19-2)12-20(17,18)7-3-4-8(11)9(5-7)13(15)16/h3-6,12H,1-2H3. The van der Waals surface area contributed by atoms with Crippen molar-refractivity contribution < 1.29 is 27.3 Å². The van der Waals surface area contributed by atoms with E-state index in [1.165, 1.54) is 6.92 Å². The van der Waals surface area contributed by atoms with Crippen LogP contribution < -0.4 is 4.72 Å². The largest absolute Gasteiger partial charge is 0.468 e. The molecule has 1 aromatic rings. The maximum atomic E-state index is 13.1. The fraction of sp³-hybridized carbons (Fsp3) is 0.300. The Kier molecular flexibility index (Phi) is 4.73. The molecule has 1 unspecified atom stereocenters. The van der Waals surface area contributed by atoms with Gasteiger partial charge in [-0.05, 0) is 19.1 Å². The van der Waals surface area contributed by atoms with Gasteiger partial charge in [0.2, 0.25) is 15.8 Å². The van der Waals surface area contributed by atoms with Gasteiger partial charge in [-0.1, -0.05) is 0 Å². The smallest absolute Gasteiger partial charge is 0.323 e. The minimum absolute atomic E-state index is 0.527. The van der Waals surface area contributed by atoms with Gasteiger partial charge in [0.1, 0.15) is 6.04 Å². The van der Waals surface area contributed by atoms with E-state index in [1.54, 1.807) is 0 Å². The average Bonchev–Trinajstić information content (AvgIpc) is 2.36. The van der Waals surface area contributed by atoms with Gasteiger partial charge in [-0.25, -0.2) is 8.42 Å². The molecule has 10 heteroatoms. The number of esters is 1. The SMILES string of the molecule is COC(=O)C(C)NS(=O)(=O)c1ccc(F)c([N+](=O)[O-])c1. The summed E-state index contributed by atoms with van der Waals surface area (Å²) in [5.41, 5.74) is -0.974. The number of benzene rings is 1. The first-order valence-corrected chi connectivity index (χ1v) is 6.71. The molecule has 0 fully saturated rings. The lowest BCUT2D eigenvalue weighted by Gasteiger charge is -2.12. The Balaban J connectivity index is 3.13. The van der Waals surface area contributed by atoms with E-state index in [1.807, 2.05) is 4.72 Å². The molecule has 1 atom stereocenters. The third kappa shape index (κ3) is 3.48. The number of rotatable bonds is 5. The maximum absolute atomic E-state index is 13.1. The Morgan fingerprint density at radius 2 is 2.10 bits per heavy atom. The predicted octanol–water partition coefficient (Wildman–Crippen LogP) is 0.574. The number of nitrogens with zero attached hydrogens (tertiary/aromatic N) is 1. The van der Waals surface area contributed by atoms with Gasteiger partial charge >= 0.3 is 11.7 Å². The molecule has 0 aromatic heterocycles. The highest BCUT2D eigenvalue weighted by Crippen LogP contribution is 2.21. The van der Waals surface area contributed by atoms with Gasteiger partial charge in [0.15, 0.2) is 0 Å². The van der Waals surface area contributed by atoms with E-state index in [0.29, 0.717) is 12.1 Å². The number of hydrogen-bond donors (Lipinski definition) is 1. The summed E-state index contributed by atoms with van der Waals surface area (Å²) in [4.78, 5) is 20.1. The van der Waals surface area contributed by atoms with Crippen molar-refractivity contribution >= 4 is 21.7 Å². The summed E-state index contributed by atoms with van der Waals surface area (Å²) in [5.74, 6) is -1.99. The molecule has 1 N–H and O–H groups in total. The van der Waals surface area contributed by atoms with E-state index in [4.69, 9.17) is 0 Å². The minimum atomic E-state index is -4.21. The fourth-order valence-corrected chi connectivity index (χ4v) is 2.54.